The van der Waals surface area contributed by atoms with E-state index in [9.17, 15) is 9.18 Å². The summed E-state index contributed by atoms with van der Waals surface area (Å²) >= 11 is 5.52. The summed E-state index contributed by atoms with van der Waals surface area (Å²) in [6, 6.07) is 12.5. The van der Waals surface area contributed by atoms with Crippen molar-refractivity contribution in [3.05, 3.63) is 59.9 Å². The highest BCUT2D eigenvalue weighted by Gasteiger charge is 2.05. The standard InChI is InChI=1S/C15H12ClFO2/c16-10-9-15(18)11-1-5-13(6-2-11)19-14-7-3-12(17)4-8-14/h1-8H,9-10H2. The van der Waals surface area contributed by atoms with Crippen LogP contribution in [0.25, 0.3) is 0 Å². The lowest BCUT2D eigenvalue weighted by molar-refractivity contribution is 0.0989. The number of carbonyl (C=O) groups excluding carboxylic acids is 1. The molecule has 0 atom stereocenters. The van der Waals surface area contributed by atoms with Crippen molar-refractivity contribution in [3.63, 3.8) is 0 Å². The Morgan fingerprint density at radius 2 is 1.53 bits per heavy atom. The summed E-state index contributed by atoms with van der Waals surface area (Å²) in [5.41, 5.74) is 0.604. The average molecular weight is 279 g/mol. The Morgan fingerprint density at radius 1 is 1.00 bits per heavy atom. The smallest absolute Gasteiger partial charge is 0.164 e. The molecule has 4 heteroatoms. The van der Waals surface area contributed by atoms with E-state index in [2.05, 4.69) is 0 Å². The summed E-state index contributed by atoms with van der Waals surface area (Å²) in [6.45, 7) is 0. The number of carbonyl (C=O) groups is 1. The van der Waals surface area contributed by atoms with E-state index in [1.165, 1.54) is 12.1 Å². The number of alkyl halides is 1. The van der Waals surface area contributed by atoms with Crippen molar-refractivity contribution in [2.45, 2.75) is 6.42 Å². The van der Waals surface area contributed by atoms with Gasteiger partial charge in [-0.1, -0.05) is 0 Å². The van der Waals surface area contributed by atoms with Crippen LogP contribution in [0.5, 0.6) is 11.5 Å². The van der Waals surface area contributed by atoms with Crippen molar-refractivity contribution >= 4 is 17.4 Å². The number of benzene rings is 2. The van der Waals surface area contributed by atoms with E-state index >= 15 is 0 Å². The normalized spacial score (nSPS) is 10.2. The highest BCUT2D eigenvalue weighted by molar-refractivity contribution is 6.19. The van der Waals surface area contributed by atoms with Crippen LogP contribution in [0.15, 0.2) is 48.5 Å². The Hall–Kier alpha value is -1.87. The Balaban J connectivity index is 2.06. The minimum atomic E-state index is -0.311. The number of hydrogen-bond donors (Lipinski definition) is 0. The van der Waals surface area contributed by atoms with Crippen LogP contribution in [0.1, 0.15) is 16.8 Å². The molecule has 0 aliphatic carbocycles. The molecule has 2 aromatic carbocycles. The van der Waals surface area contributed by atoms with Gasteiger partial charge in [0, 0.05) is 17.9 Å². The second-order valence-electron chi connectivity index (χ2n) is 3.94. The van der Waals surface area contributed by atoms with Gasteiger partial charge in [-0.25, -0.2) is 4.39 Å². The van der Waals surface area contributed by atoms with Gasteiger partial charge in [-0.15, -0.1) is 11.6 Å². The first kappa shape index (κ1) is 13.6. The third kappa shape index (κ3) is 3.80. The van der Waals surface area contributed by atoms with E-state index in [1.54, 1.807) is 36.4 Å². The fraction of sp³-hybridized carbons (Fsp3) is 0.133. The fourth-order valence-corrected chi connectivity index (χ4v) is 1.75. The van der Waals surface area contributed by atoms with E-state index in [0.717, 1.165) is 0 Å². The Labute approximate surface area is 115 Å². The van der Waals surface area contributed by atoms with Gasteiger partial charge in [-0.05, 0) is 48.5 Å². The van der Waals surface area contributed by atoms with Gasteiger partial charge in [0.1, 0.15) is 17.3 Å². The molecule has 2 aromatic rings. The zero-order chi connectivity index (χ0) is 13.7. The lowest BCUT2D eigenvalue weighted by Crippen LogP contribution is -1.99. The number of halogens is 2. The molecule has 0 fully saturated rings. The molecule has 0 aliphatic heterocycles. The van der Waals surface area contributed by atoms with Gasteiger partial charge in [0.15, 0.2) is 5.78 Å². The second-order valence-corrected chi connectivity index (χ2v) is 4.32. The largest absolute Gasteiger partial charge is 0.457 e. The maximum absolute atomic E-state index is 12.7. The van der Waals surface area contributed by atoms with E-state index in [0.29, 0.717) is 29.4 Å². The zero-order valence-corrected chi connectivity index (χ0v) is 10.9. The number of rotatable bonds is 5. The summed E-state index contributed by atoms with van der Waals surface area (Å²) in [7, 11) is 0. The Kier molecular flexibility index (Phi) is 4.53. The van der Waals surface area contributed by atoms with Crippen LogP contribution in [0.2, 0.25) is 0 Å². The van der Waals surface area contributed by atoms with Crippen molar-refractivity contribution in [1.29, 1.82) is 0 Å². The lowest BCUT2D eigenvalue weighted by atomic mass is 10.1. The SMILES string of the molecule is O=C(CCCl)c1ccc(Oc2ccc(F)cc2)cc1. The highest BCUT2D eigenvalue weighted by atomic mass is 35.5. The van der Waals surface area contributed by atoms with Crippen molar-refractivity contribution in [3.8, 4) is 11.5 Å². The van der Waals surface area contributed by atoms with Crippen LogP contribution in [0.4, 0.5) is 4.39 Å². The van der Waals surface area contributed by atoms with Gasteiger partial charge in [0.05, 0.1) is 0 Å². The van der Waals surface area contributed by atoms with Gasteiger partial charge in [-0.2, -0.15) is 0 Å². The zero-order valence-electron chi connectivity index (χ0n) is 10.1. The molecule has 0 radical (unpaired) electrons. The lowest BCUT2D eigenvalue weighted by Gasteiger charge is -2.06. The van der Waals surface area contributed by atoms with Crippen LogP contribution in [-0.4, -0.2) is 11.7 Å². The Morgan fingerprint density at radius 3 is 2.05 bits per heavy atom. The number of ether oxygens (including phenoxy) is 1. The van der Waals surface area contributed by atoms with Crippen LogP contribution in [0.3, 0.4) is 0 Å². The topological polar surface area (TPSA) is 26.3 Å². The molecule has 2 nitrogen and oxygen atoms in total. The second kappa shape index (κ2) is 6.34. The van der Waals surface area contributed by atoms with Gasteiger partial charge in [-0.3, -0.25) is 4.79 Å². The highest BCUT2D eigenvalue weighted by Crippen LogP contribution is 2.22. The summed E-state index contributed by atoms with van der Waals surface area (Å²) in [5, 5.41) is 0. The number of ketones is 1. The van der Waals surface area contributed by atoms with Crippen LogP contribution < -0.4 is 4.74 Å². The molecule has 0 aliphatic rings. The first-order valence-corrected chi connectivity index (χ1v) is 6.35. The molecule has 0 saturated heterocycles. The van der Waals surface area contributed by atoms with Crippen molar-refractivity contribution in [1.82, 2.24) is 0 Å². The molecule has 0 amide bonds. The van der Waals surface area contributed by atoms with Gasteiger partial charge in [0.25, 0.3) is 0 Å². The number of Topliss-reactive ketones (excluding diaryl/α,β-unsaturated/α-hetero) is 1. The first-order valence-electron chi connectivity index (χ1n) is 5.81. The maximum atomic E-state index is 12.7. The molecular weight excluding hydrogens is 267 g/mol. The van der Waals surface area contributed by atoms with E-state index in [4.69, 9.17) is 16.3 Å². The molecule has 0 heterocycles. The predicted octanol–water partition coefficient (Wildman–Crippen LogP) is 4.43. The summed E-state index contributed by atoms with van der Waals surface area (Å²) in [4.78, 5) is 11.6. The van der Waals surface area contributed by atoms with E-state index < -0.39 is 0 Å². The quantitative estimate of drug-likeness (QED) is 0.597. The van der Waals surface area contributed by atoms with Crippen LogP contribution in [-0.2, 0) is 0 Å². The molecular formula is C15H12ClFO2. The predicted molar refractivity (Wildman–Crippen MR) is 72.6 cm³/mol. The molecule has 19 heavy (non-hydrogen) atoms. The summed E-state index contributed by atoms with van der Waals surface area (Å²) < 4.78 is 18.3. The minimum absolute atomic E-state index is 0.00309. The third-order valence-electron chi connectivity index (χ3n) is 2.55. The van der Waals surface area contributed by atoms with Gasteiger partial charge < -0.3 is 4.74 Å². The summed E-state index contributed by atoms with van der Waals surface area (Å²) in [5.74, 6) is 1.14. The molecule has 0 saturated carbocycles. The first-order chi connectivity index (χ1) is 9.19. The third-order valence-corrected chi connectivity index (χ3v) is 2.74. The Bertz CT molecular complexity index is 549. The molecule has 98 valence electrons. The monoisotopic (exact) mass is 278 g/mol. The van der Waals surface area contributed by atoms with Crippen molar-refractivity contribution < 1.29 is 13.9 Å². The molecule has 2 rings (SSSR count). The number of hydrogen-bond acceptors (Lipinski definition) is 2. The molecule has 0 unspecified atom stereocenters. The van der Waals surface area contributed by atoms with Gasteiger partial charge in [0.2, 0.25) is 0 Å². The summed E-state index contributed by atoms with van der Waals surface area (Å²) in [6.07, 6.45) is 0.319. The van der Waals surface area contributed by atoms with Gasteiger partial charge >= 0.3 is 0 Å². The van der Waals surface area contributed by atoms with Crippen molar-refractivity contribution in [2.24, 2.45) is 0 Å². The minimum Gasteiger partial charge on any atom is -0.457 e. The van der Waals surface area contributed by atoms with E-state index in [-0.39, 0.29) is 11.6 Å². The molecule has 0 aromatic heterocycles. The van der Waals surface area contributed by atoms with E-state index in [1.807, 2.05) is 0 Å². The van der Waals surface area contributed by atoms with Crippen LogP contribution >= 0.6 is 11.6 Å². The molecule has 0 bridgehead atoms. The van der Waals surface area contributed by atoms with Crippen molar-refractivity contribution in [2.75, 3.05) is 5.88 Å². The average Bonchev–Trinajstić information content (AvgIpc) is 2.42. The molecule has 0 N–H and O–H groups in total. The maximum Gasteiger partial charge on any atom is 0.164 e. The fourth-order valence-electron chi connectivity index (χ4n) is 1.58. The van der Waals surface area contributed by atoms with Crippen LogP contribution in [0, 0.1) is 5.82 Å². The molecule has 0 spiro atoms.